The minimum atomic E-state index is -3.22. The van der Waals surface area contributed by atoms with Crippen LogP contribution in [-0.2, 0) is 15.4 Å². The summed E-state index contributed by atoms with van der Waals surface area (Å²) in [6.45, 7) is 8.36. The van der Waals surface area contributed by atoms with Crippen LogP contribution in [-0.4, -0.2) is 27.3 Å². The van der Waals surface area contributed by atoms with Crippen molar-refractivity contribution in [2.75, 3.05) is 23.6 Å². The lowest BCUT2D eigenvalue weighted by Crippen LogP contribution is -2.29. The Labute approximate surface area is 127 Å². The Bertz CT molecular complexity index is 629. The zero-order chi connectivity index (χ0) is 15.3. The molecule has 0 radical (unpaired) electrons. The molecule has 3 rings (SSSR count). The average Bonchev–Trinajstić information content (AvgIpc) is 2.82. The van der Waals surface area contributed by atoms with Crippen LogP contribution in [0.2, 0.25) is 0 Å². The number of rotatable bonds is 5. The van der Waals surface area contributed by atoms with Crippen molar-refractivity contribution in [3.63, 3.8) is 0 Å². The zero-order valence-corrected chi connectivity index (χ0v) is 13.7. The van der Waals surface area contributed by atoms with Gasteiger partial charge < -0.3 is 5.32 Å². The molecule has 21 heavy (non-hydrogen) atoms. The Morgan fingerprint density at radius 2 is 2.00 bits per heavy atom. The van der Waals surface area contributed by atoms with Crippen LogP contribution in [0, 0.1) is 17.8 Å². The molecule has 1 aliphatic carbocycles. The highest BCUT2D eigenvalue weighted by Crippen LogP contribution is 2.65. The molecule has 2 aliphatic rings. The summed E-state index contributed by atoms with van der Waals surface area (Å²) in [7, 11) is -3.22. The van der Waals surface area contributed by atoms with E-state index in [0.29, 0.717) is 23.4 Å². The standard InChI is InChI=1S/C16H24N2O2S/c1-4-21(19,20)18-13-7-5-6-12(8-13)16(11(2)3)14-9-17-10-15(14)16/h5-8,11,14-15,17-18H,4,9-10H2,1-3H3. The normalized spacial score (nSPS) is 31.2. The molecular formula is C16H24N2O2S. The second-order valence-corrected chi connectivity index (χ2v) is 8.56. The quantitative estimate of drug-likeness (QED) is 0.876. The number of anilines is 1. The molecule has 2 unspecified atom stereocenters. The van der Waals surface area contributed by atoms with Gasteiger partial charge in [0.05, 0.1) is 5.75 Å². The van der Waals surface area contributed by atoms with Gasteiger partial charge in [0, 0.05) is 11.1 Å². The number of nitrogens with one attached hydrogen (secondary N) is 2. The van der Waals surface area contributed by atoms with E-state index >= 15 is 0 Å². The van der Waals surface area contributed by atoms with Crippen LogP contribution >= 0.6 is 0 Å². The maximum atomic E-state index is 11.8. The molecule has 4 nitrogen and oxygen atoms in total. The summed E-state index contributed by atoms with van der Waals surface area (Å²) in [6, 6.07) is 7.99. The minimum absolute atomic E-state index is 0.0989. The van der Waals surface area contributed by atoms with Crippen molar-refractivity contribution in [1.82, 2.24) is 5.32 Å². The maximum Gasteiger partial charge on any atom is 0.232 e. The molecule has 116 valence electrons. The van der Waals surface area contributed by atoms with Gasteiger partial charge in [-0.2, -0.15) is 0 Å². The van der Waals surface area contributed by atoms with Gasteiger partial charge in [0.2, 0.25) is 10.0 Å². The molecular weight excluding hydrogens is 284 g/mol. The van der Waals surface area contributed by atoms with Crippen molar-refractivity contribution < 1.29 is 8.42 Å². The first-order valence-electron chi connectivity index (χ1n) is 7.73. The van der Waals surface area contributed by atoms with Gasteiger partial charge in [0.15, 0.2) is 0 Å². The molecule has 1 heterocycles. The molecule has 0 aromatic heterocycles. The second-order valence-electron chi connectivity index (χ2n) is 6.55. The van der Waals surface area contributed by atoms with E-state index in [9.17, 15) is 8.42 Å². The average molecular weight is 308 g/mol. The fraction of sp³-hybridized carbons (Fsp3) is 0.625. The maximum absolute atomic E-state index is 11.8. The highest BCUT2D eigenvalue weighted by atomic mass is 32.2. The Kier molecular flexibility index (Phi) is 3.53. The van der Waals surface area contributed by atoms with Crippen LogP contribution in [0.3, 0.4) is 0 Å². The van der Waals surface area contributed by atoms with E-state index in [1.807, 2.05) is 18.2 Å². The fourth-order valence-electron chi connectivity index (χ4n) is 4.30. The van der Waals surface area contributed by atoms with E-state index in [4.69, 9.17) is 0 Å². The predicted octanol–water partition coefficient (Wildman–Crippen LogP) is 2.19. The molecule has 1 aromatic rings. The van der Waals surface area contributed by atoms with Gasteiger partial charge in [-0.3, -0.25) is 4.72 Å². The highest BCUT2D eigenvalue weighted by Gasteiger charge is 2.68. The summed E-state index contributed by atoms with van der Waals surface area (Å²) in [5, 5.41) is 3.45. The Morgan fingerprint density at radius 1 is 1.33 bits per heavy atom. The van der Waals surface area contributed by atoms with Gasteiger partial charge in [-0.1, -0.05) is 26.0 Å². The summed E-state index contributed by atoms with van der Waals surface area (Å²) < 4.78 is 26.2. The third-order valence-electron chi connectivity index (χ3n) is 5.30. The van der Waals surface area contributed by atoms with Gasteiger partial charge in [0.1, 0.15) is 0 Å². The predicted molar refractivity (Wildman–Crippen MR) is 85.9 cm³/mol. The monoisotopic (exact) mass is 308 g/mol. The second kappa shape index (κ2) is 4.99. The van der Waals surface area contributed by atoms with E-state index < -0.39 is 10.0 Å². The molecule has 0 spiro atoms. The summed E-state index contributed by atoms with van der Waals surface area (Å²) >= 11 is 0. The third kappa shape index (κ3) is 2.27. The minimum Gasteiger partial charge on any atom is -0.316 e. The lowest BCUT2D eigenvalue weighted by Gasteiger charge is -2.27. The molecule has 2 atom stereocenters. The molecule has 1 saturated heterocycles. The summed E-state index contributed by atoms with van der Waals surface area (Å²) in [5.74, 6) is 2.04. The molecule has 1 aromatic carbocycles. The summed E-state index contributed by atoms with van der Waals surface area (Å²) in [6.07, 6.45) is 0. The number of hydrogen-bond donors (Lipinski definition) is 2. The van der Waals surface area contributed by atoms with E-state index in [0.717, 1.165) is 13.1 Å². The van der Waals surface area contributed by atoms with Crippen molar-refractivity contribution >= 4 is 15.7 Å². The number of fused-ring (bicyclic) bond motifs is 1. The molecule has 1 aliphatic heterocycles. The van der Waals surface area contributed by atoms with Gasteiger partial charge in [-0.25, -0.2) is 8.42 Å². The van der Waals surface area contributed by atoms with Crippen LogP contribution in [0.15, 0.2) is 24.3 Å². The number of sulfonamides is 1. The van der Waals surface area contributed by atoms with Crippen LogP contribution in [0.4, 0.5) is 5.69 Å². The molecule has 2 N–H and O–H groups in total. The van der Waals surface area contributed by atoms with Crippen molar-refractivity contribution in [2.24, 2.45) is 17.8 Å². The van der Waals surface area contributed by atoms with Crippen molar-refractivity contribution in [3.05, 3.63) is 29.8 Å². The highest BCUT2D eigenvalue weighted by molar-refractivity contribution is 7.92. The van der Waals surface area contributed by atoms with Crippen molar-refractivity contribution in [1.29, 1.82) is 0 Å². The van der Waals surface area contributed by atoms with E-state index in [2.05, 4.69) is 30.0 Å². The van der Waals surface area contributed by atoms with Crippen LogP contribution in [0.5, 0.6) is 0 Å². The number of piperidine rings is 1. The first-order chi connectivity index (χ1) is 9.91. The van der Waals surface area contributed by atoms with E-state index in [-0.39, 0.29) is 11.2 Å². The van der Waals surface area contributed by atoms with E-state index in [1.165, 1.54) is 5.56 Å². The molecule has 5 heteroatoms. The van der Waals surface area contributed by atoms with Gasteiger partial charge in [-0.05, 0) is 55.5 Å². The third-order valence-corrected chi connectivity index (χ3v) is 6.61. The summed E-state index contributed by atoms with van der Waals surface area (Å²) in [4.78, 5) is 0. The van der Waals surface area contributed by atoms with Crippen LogP contribution < -0.4 is 10.0 Å². The fourth-order valence-corrected chi connectivity index (χ4v) is 4.93. The van der Waals surface area contributed by atoms with Crippen molar-refractivity contribution in [3.8, 4) is 0 Å². The Balaban J connectivity index is 1.93. The largest absolute Gasteiger partial charge is 0.316 e. The topological polar surface area (TPSA) is 58.2 Å². The van der Waals surface area contributed by atoms with Crippen LogP contribution in [0.1, 0.15) is 26.3 Å². The zero-order valence-electron chi connectivity index (χ0n) is 12.9. The number of benzene rings is 1. The first kappa shape index (κ1) is 14.9. The summed E-state index contributed by atoms with van der Waals surface area (Å²) in [5.41, 5.74) is 2.19. The van der Waals surface area contributed by atoms with Gasteiger partial charge >= 0.3 is 0 Å². The van der Waals surface area contributed by atoms with E-state index in [1.54, 1.807) is 6.92 Å². The lowest BCUT2D eigenvalue weighted by molar-refractivity contribution is 0.391. The molecule has 0 bridgehead atoms. The lowest BCUT2D eigenvalue weighted by atomic mass is 9.80. The SMILES string of the molecule is CCS(=O)(=O)Nc1cccc(C2(C(C)C)C3CNCC32)c1. The molecule has 0 amide bonds. The molecule has 2 fully saturated rings. The van der Waals surface area contributed by atoms with Crippen LogP contribution in [0.25, 0.3) is 0 Å². The van der Waals surface area contributed by atoms with Crippen molar-refractivity contribution in [2.45, 2.75) is 26.2 Å². The van der Waals surface area contributed by atoms with Gasteiger partial charge in [-0.15, -0.1) is 0 Å². The Morgan fingerprint density at radius 3 is 2.57 bits per heavy atom. The first-order valence-corrected chi connectivity index (χ1v) is 9.38. The number of hydrogen-bond acceptors (Lipinski definition) is 3. The smallest absolute Gasteiger partial charge is 0.232 e. The van der Waals surface area contributed by atoms with Gasteiger partial charge in [0.25, 0.3) is 0 Å². The Hall–Kier alpha value is -1.07. The molecule has 1 saturated carbocycles.